The van der Waals surface area contributed by atoms with Crippen molar-refractivity contribution in [1.29, 1.82) is 0 Å². The molecule has 3 heteroatoms. The van der Waals surface area contributed by atoms with Gasteiger partial charge in [-0.1, -0.05) is 50.1 Å². The highest BCUT2D eigenvalue weighted by Gasteiger charge is 2.38. The second-order valence-electron chi connectivity index (χ2n) is 5.69. The Kier molecular flexibility index (Phi) is 4.96. The summed E-state index contributed by atoms with van der Waals surface area (Å²) in [4.78, 5) is 11.9. The zero-order valence-electron chi connectivity index (χ0n) is 12.1. The average molecular weight is 272 g/mol. The molecular formula is C17H24N2O. The van der Waals surface area contributed by atoms with Crippen molar-refractivity contribution in [3.05, 3.63) is 42.0 Å². The second-order valence-corrected chi connectivity index (χ2v) is 5.69. The van der Waals surface area contributed by atoms with E-state index in [0.717, 1.165) is 18.4 Å². The summed E-state index contributed by atoms with van der Waals surface area (Å²) in [5, 5.41) is 2.95. The van der Waals surface area contributed by atoms with E-state index in [4.69, 9.17) is 5.73 Å². The van der Waals surface area contributed by atoms with Gasteiger partial charge >= 0.3 is 0 Å². The summed E-state index contributed by atoms with van der Waals surface area (Å²) < 4.78 is 0. The van der Waals surface area contributed by atoms with Gasteiger partial charge in [-0.2, -0.15) is 0 Å². The number of carbonyl (C=O) groups is 1. The van der Waals surface area contributed by atoms with E-state index in [1.54, 1.807) is 6.08 Å². The molecule has 0 aliphatic heterocycles. The zero-order valence-corrected chi connectivity index (χ0v) is 12.1. The lowest BCUT2D eigenvalue weighted by molar-refractivity contribution is -0.116. The molecule has 1 saturated carbocycles. The standard InChI is InChI=1S/C17H24N2O/c1-2-15-9-6-12-17(15,18)13-19-16(20)11-10-14-7-4-3-5-8-14/h3-5,7-8,10-11,15H,2,6,9,12-13,18H2,1H3,(H,19,20)/b11-10+. The Morgan fingerprint density at radius 3 is 2.90 bits per heavy atom. The Morgan fingerprint density at radius 1 is 1.45 bits per heavy atom. The SMILES string of the molecule is CCC1CCCC1(N)CNC(=O)/C=C/c1ccccc1. The van der Waals surface area contributed by atoms with Crippen molar-refractivity contribution in [2.75, 3.05) is 6.54 Å². The number of carbonyl (C=O) groups excluding carboxylic acids is 1. The summed E-state index contributed by atoms with van der Waals surface area (Å²) in [5.74, 6) is 0.460. The van der Waals surface area contributed by atoms with Gasteiger partial charge in [-0.05, 0) is 30.4 Å². The molecule has 0 saturated heterocycles. The van der Waals surface area contributed by atoms with Gasteiger partial charge in [-0.25, -0.2) is 0 Å². The molecule has 0 bridgehead atoms. The molecule has 1 aliphatic rings. The lowest BCUT2D eigenvalue weighted by Crippen LogP contribution is -2.52. The van der Waals surface area contributed by atoms with Gasteiger partial charge < -0.3 is 11.1 Å². The largest absolute Gasteiger partial charge is 0.351 e. The van der Waals surface area contributed by atoms with E-state index in [2.05, 4.69) is 12.2 Å². The summed E-state index contributed by atoms with van der Waals surface area (Å²) in [5.41, 5.74) is 7.24. The molecule has 2 unspecified atom stereocenters. The Morgan fingerprint density at radius 2 is 2.20 bits per heavy atom. The monoisotopic (exact) mass is 272 g/mol. The fraction of sp³-hybridized carbons (Fsp3) is 0.471. The maximum Gasteiger partial charge on any atom is 0.244 e. The molecule has 2 atom stereocenters. The van der Waals surface area contributed by atoms with E-state index in [1.165, 1.54) is 12.8 Å². The number of nitrogens with one attached hydrogen (secondary N) is 1. The fourth-order valence-electron chi connectivity index (χ4n) is 3.06. The minimum absolute atomic E-state index is 0.0690. The fourth-order valence-corrected chi connectivity index (χ4v) is 3.06. The quantitative estimate of drug-likeness (QED) is 0.810. The third-order valence-electron chi connectivity index (χ3n) is 4.32. The Hall–Kier alpha value is -1.61. The van der Waals surface area contributed by atoms with E-state index in [0.29, 0.717) is 12.5 Å². The van der Waals surface area contributed by atoms with Crippen molar-refractivity contribution in [3.63, 3.8) is 0 Å². The molecule has 1 aromatic rings. The molecule has 1 aliphatic carbocycles. The number of hydrogen-bond acceptors (Lipinski definition) is 2. The highest BCUT2D eigenvalue weighted by molar-refractivity contribution is 5.91. The molecule has 3 N–H and O–H groups in total. The van der Waals surface area contributed by atoms with Crippen LogP contribution in [-0.4, -0.2) is 18.0 Å². The van der Waals surface area contributed by atoms with E-state index in [9.17, 15) is 4.79 Å². The number of hydrogen-bond donors (Lipinski definition) is 2. The van der Waals surface area contributed by atoms with E-state index in [-0.39, 0.29) is 11.4 Å². The molecule has 1 fully saturated rings. The second kappa shape index (κ2) is 6.71. The molecule has 0 aromatic heterocycles. The zero-order chi connectivity index (χ0) is 14.4. The molecule has 2 rings (SSSR count). The van der Waals surface area contributed by atoms with Crippen molar-refractivity contribution in [2.45, 2.75) is 38.1 Å². The van der Waals surface area contributed by atoms with E-state index in [1.807, 2.05) is 36.4 Å². The van der Waals surface area contributed by atoms with Gasteiger partial charge in [0, 0.05) is 18.2 Å². The van der Waals surface area contributed by atoms with Crippen LogP contribution in [0, 0.1) is 5.92 Å². The smallest absolute Gasteiger partial charge is 0.244 e. The molecule has 1 aromatic carbocycles. The van der Waals surface area contributed by atoms with Crippen LogP contribution in [0.1, 0.15) is 38.2 Å². The predicted molar refractivity (Wildman–Crippen MR) is 83.0 cm³/mol. The van der Waals surface area contributed by atoms with Gasteiger partial charge in [0.05, 0.1) is 0 Å². The highest BCUT2D eigenvalue weighted by atomic mass is 16.1. The topological polar surface area (TPSA) is 55.1 Å². The van der Waals surface area contributed by atoms with Gasteiger partial charge in [0.1, 0.15) is 0 Å². The lowest BCUT2D eigenvalue weighted by Gasteiger charge is -2.30. The van der Waals surface area contributed by atoms with Crippen LogP contribution in [0.25, 0.3) is 6.08 Å². The van der Waals surface area contributed by atoms with Crippen molar-refractivity contribution < 1.29 is 4.79 Å². The third kappa shape index (κ3) is 3.70. The van der Waals surface area contributed by atoms with Crippen LogP contribution in [0.3, 0.4) is 0 Å². The van der Waals surface area contributed by atoms with Crippen LogP contribution in [0.15, 0.2) is 36.4 Å². The van der Waals surface area contributed by atoms with Crippen LogP contribution in [0.2, 0.25) is 0 Å². The Bertz CT molecular complexity index is 469. The minimum Gasteiger partial charge on any atom is -0.351 e. The normalized spacial score (nSPS) is 26.0. The number of rotatable bonds is 5. The summed E-state index contributed by atoms with van der Waals surface area (Å²) in [6.45, 7) is 2.75. The molecule has 0 radical (unpaired) electrons. The predicted octanol–water partition coefficient (Wildman–Crippen LogP) is 2.72. The molecular weight excluding hydrogens is 248 g/mol. The van der Waals surface area contributed by atoms with Gasteiger partial charge in [-0.3, -0.25) is 4.79 Å². The minimum atomic E-state index is -0.217. The van der Waals surface area contributed by atoms with Gasteiger partial charge in [0.15, 0.2) is 0 Å². The van der Waals surface area contributed by atoms with E-state index >= 15 is 0 Å². The van der Waals surface area contributed by atoms with Crippen molar-refractivity contribution in [2.24, 2.45) is 11.7 Å². The van der Waals surface area contributed by atoms with Crippen molar-refractivity contribution >= 4 is 12.0 Å². The number of benzene rings is 1. The molecule has 20 heavy (non-hydrogen) atoms. The summed E-state index contributed by atoms with van der Waals surface area (Å²) >= 11 is 0. The first-order valence-corrected chi connectivity index (χ1v) is 7.44. The Labute approximate surface area is 121 Å². The number of nitrogens with two attached hydrogens (primary N) is 1. The number of amides is 1. The van der Waals surface area contributed by atoms with Crippen LogP contribution in [-0.2, 0) is 4.79 Å². The average Bonchev–Trinajstić information content (AvgIpc) is 2.85. The Balaban J connectivity index is 1.85. The first-order valence-electron chi connectivity index (χ1n) is 7.44. The molecule has 0 spiro atoms. The first kappa shape index (κ1) is 14.8. The lowest BCUT2D eigenvalue weighted by atomic mass is 9.86. The maximum atomic E-state index is 11.9. The highest BCUT2D eigenvalue weighted by Crippen LogP contribution is 2.35. The summed E-state index contributed by atoms with van der Waals surface area (Å²) in [7, 11) is 0. The van der Waals surface area contributed by atoms with Gasteiger partial charge in [0.2, 0.25) is 5.91 Å². The van der Waals surface area contributed by atoms with E-state index < -0.39 is 0 Å². The molecule has 0 heterocycles. The van der Waals surface area contributed by atoms with Gasteiger partial charge in [-0.15, -0.1) is 0 Å². The summed E-state index contributed by atoms with van der Waals surface area (Å²) in [6.07, 6.45) is 7.85. The van der Waals surface area contributed by atoms with Crippen molar-refractivity contribution in [1.82, 2.24) is 5.32 Å². The van der Waals surface area contributed by atoms with Gasteiger partial charge in [0.25, 0.3) is 0 Å². The van der Waals surface area contributed by atoms with Crippen LogP contribution in [0.5, 0.6) is 0 Å². The first-order chi connectivity index (χ1) is 9.64. The summed E-state index contributed by atoms with van der Waals surface area (Å²) in [6, 6.07) is 9.81. The molecule has 3 nitrogen and oxygen atoms in total. The van der Waals surface area contributed by atoms with Crippen LogP contribution < -0.4 is 11.1 Å². The van der Waals surface area contributed by atoms with Crippen molar-refractivity contribution in [3.8, 4) is 0 Å². The molecule has 108 valence electrons. The van der Waals surface area contributed by atoms with Crippen LogP contribution >= 0.6 is 0 Å². The molecule has 1 amide bonds. The maximum absolute atomic E-state index is 11.9. The third-order valence-corrected chi connectivity index (χ3v) is 4.32. The van der Waals surface area contributed by atoms with Crippen LogP contribution in [0.4, 0.5) is 0 Å².